The number of hydrogen-bond donors (Lipinski definition) is 2. The van der Waals surface area contributed by atoms with Gasteiger partial charge in [-0.2, -0.15) is 0 Å². The fraction of sp³-hybridized carbons (Fsp3) is 0.273. The van der Waals surface area contributed by atoms with Crippen LogP contribution in [0.5, 0.6) is 0 Å². The number of carbonyl (C=O) groups excluding carboxylic acids is 1. The van der Waals surface area contributed by atoms with Gasteiger partial charge in [-0.15, -0.1) is 0 Å². The maximum Gasteiger partial charge on any atom is 0.308 e. The number of nitrogens with one attached hydrogen (secondary N) is 1. The third kappa shape index (κ3) is 4.07. The van der Waals surface area contributed by atoms with Crippen molar-refractivity contribution in [3.05, 3.63) is 71.9 Å². The van der Waals surface area contributed by atoms with Gasteiger partial charge in [-0.05, 0) is 18.6 Å². The van der Waals surface area contributed by atoms with Gasteiger partial charge in [-0.25, -0.2) is 0 Å². The molecule has 1 amide bonds. The molecule has 0 saturated heterocycles. The summed E-state index contributed by atoms with van der Waals surface area (Å²) in [7, 11) is 1.64. The molecular formula is C22H24N2O4. The third-order valence-electron chi connectivity index (χ3n) is 4.90. The number of benzene rings is 2. The molecule has 1 heterocycles. The zero-order chi connectivity index (χ0) is 20.1. The van der Waals surface area contributed by atoms with Crippen LogP contribution in [0.3, 0.4) is 0 Å². The Labute approximate surface area is 163 Å². The van der Waals surface area contributed by atoms with Gasteiger partial charge in [0.2, 0.25) is 0 Å². The van der Waals surface area contributed by atoms with Crippen LogP contribution in [0.25, 0.3) is 10.9 Å². The summed E-state index contributed by atoms with van der Waals surface area (Å²) in [6.45, 7) is 2.75. The lowest BCUT2D eigenvalue weighted by Crippen LogP contribution is -2.35. The van der Waals surface area contributed by atoms with E-state index in [9.17, 15) is 14.7 Å². The van der Waals surface area contributed by atoms with Crippen molar-refractivity contribution in [3.8, 4) is 0 Å². The van der Waals surface area contributed by atoms with Crippen molar-refractivity contribution in [1.82, 2.24) is 9.88 Å². The number of carbonyl (C=O) groups is 2. The molecular weight excluding hydrogens is 356 g/mol. The van der Waals surface area contributed by atoms with E-state index in [1.807, 2.05) is 59.2 Å². The fourth-order valence-electron chi connectivity index (χ4n) is 3.32. The summed E-state index contributed by atoms with van der Waals surface area (Å²) in [5, 5.41) is 13.3. The Bertz CT molecular complexity index is 965. The van der Waals surface area contributed by atoms with Gasteiger partial charge in [0.15, 0.2) is 0 Å². The Balaban J connectivity index is 1.95. The Morgan fingerprint density at radius 3 is 2.46 bits per heavy atom. The molecule has 2 N–H and O–H groups in total. The molecule has 0 bridgehead atoms. The van der Waals surface area contributed by atoms with E-state index in [-0.39, 0.29) is 5.91 Å². The molecule has 6 nitrogen and oxygen atoms in total. The van der Waals surface area contributed by atoms with Crippen molar-refractivity contribution >= 4 is 22.8 Å². The van der Waals surface area contributed by atoms with Gasteiger partial charge in [0, 0.05) is 30.8 Å². The number of carboxylic acids is 1. The fourth-order valence-corrected chi connectivity index (χ4v) is 3.32. The first kappa shape index (κ1) is 19.6. The standard InChI is InChI=1S/C22H24N2O4/c1-15(22(26)27)20(16-8-4-3-5-9-16)23-21(25)18-14-24(12-13-28-2)19-11-7-6-10-17(18)19/h3-11,14-15,20H,12-13H2,1-2H3,(H,23,25)(H,26,27). The minimum Gasteiger partial charge on any atom is -0.481 e. The van der Waals surface area contributed by atoms with E-state index in [1.165, 1.54) is 0 Å². The van der Waals surface area contributed by atoms with Gasteiger partial charge >= 0.3 is 5.97 Å². The number of aromatic nitrogens is 1. The quantitative estimate of drug-likeness (QED) is 0.627. The highest BCUT2D eigenvalue weighted by atomic mass is 16.5. The lowest BCUT2D eigenvalue weighted by atomic mass is 9.94. The van der Waals surface area contributed by atoms with Crippen LogP contribution in [0, 0.1) is 5.92 Å². The lowest BCUT2D eigenvalue weighted by molar-refractivity contribution is -0.142. The zero-order valence-electron chi connectivity index (χ0n) is 16.0. The van der Waals surface area contributed by atoms with Crippen molar-refractivity contribution in [3.63, 3.8) is 0 Å². The van der Waals surface area contributed by atoms with Gasteiger partial charge in [-0.1, -0.05) is 48.5 Å². The number of aliphatic carboxylic acids is 1. The molecule has 3 rings (SSSR count). The van der Waals surface area contributed by atoms with Crippen molar-refractivity contribution in [2.24, 2.45) is 5.92 Å². The minimum atomic E-state index is -0.961. The molecule has 2 aromatic carbocycles. The van der Waals surface area contributed by atoms with E-state index in [2.05, 4.69) is 5.32 Å². The van der Waals surface area contributed by atoms with Crippen LogP contribution in [0.2, 0.25) is 0 Å². The molecule has 28 heavy (non-hydrogen) atoms. The molecule has 2 unspecified atom stereocenters. The Hall–Kier alpha value is -3.12. The van der Waals surface area contributed by atoms with Crippen LogP contribution in [-0.2, 0) is 16.1 Å². The first-order chi connectivity index (χ1) is 13.5. The maximum absolute atomic E-state index is 13.1. The summed E-state index contributed by atoms with van der Waals surface area (Å²) < 4.78 is 7.14. The van der Waals surface area contributed by atoms with Crippen LogP contribution in [0.15, 0.2) is 60.8 Å². The molecule has 6 heteroatoms. The molecule has 146 valence electrons. The van der Waals surface area contributed by atoms with Crippen LogP contribution >= 0.6 is 0 Å². The van der Waals surface area contributed by atoms with E-state index in [0.29, 0.717) is 18.7 Å². The Morgan fingerprint density at radius 2 is 1.79 bits per heavy atom. The predicted molar refractivity (Wildman–Crippen MR) is 107 cm³/mol. The van der Waals surface area contributed by atoms with Gasteiger partial charge in [-0.3, -0.25) is 9.59 Å². The van der Waals surface area contributed by atoms with Crippen LogP contribution in [-0.4, -0.2) is 35.3 Å². The molecule has 3 aromatic rings. The number of methoxy groups -OCH3 is 1. The summed E-state index contributed by atoms with van der Waals surface area (Å²) >= 11 is 0. The van der Waals surface area contributed by atoms with Crippen molar-refractivity contribution in [2.45, 2.75) is 19.5 Å². The van der Waals surface area contributed by atoms with Gasteiger partial charge < -0.3 is 19.7 Å². The second-order valence-electron chi connectivity index (χ2n) is 6.73. The molecule has 0 aliphatic carbocycles. The number of carboxylic acid groups (broad SMARTS) is 1. The summed E-state index contributed by atoms with van der Waals surface area (Å²) in [6, 6.07) is 16.2. The predicted octanol–water partition coefficient (Wildman–Crippen LogP) is 3.48. The average Bonchev–Trinajstić information content (AvgIpc) is 3.09. The van der Waals surface area contributed by atoms with E-state index in [1.54, 1.807) is 20.2 Å². The number of para-hydroxylation sites is 1. The summed E-state index contributed by atoms with van der Waals surface area (Å²) in [6.07, 6.45) is 1.80. The number of amides is 1. The van der Waals surface area contributed by atoms with E-state index in [4.69, 9.17) is 4.74 Å². The summed E-state index contributed by atoms with van der Waals surface area (Å²) in [5.41, 5.74) is 2.21. The maximum atomic E-state index is 13.1. The Kier molecular flexibility index (Phi) is 6.11. The molecule has 0 fully saturated rings. The normalized spacial score (nSPS) is 13.2. The van der Waals surface area contributed by atoms with Crippen LogP contribution in [0.1, 0.15) is 28.9 Å². The van der Waals surface area contributed by atoms with E-state index >= 15 is 0 Å². The van der Waals surface area contributed by atoms with E-state index in [0.717, 1.165) is 16.5 Å². The average molecular weight is 380 g/mol. The van der Waals surface area contributed by atoms with Gasteiger partial charge in [0.1, 0.15) is 0 Å². The number of rotatable bonds is 8. The first-order valence-corrected chi connectivity index (χ1v) is 9.18. The first-order valence-electron chi connectivity index (χ1n) is 9.18. The largest absolute Gasteiger partial charge is 0.481 e. The second kappa shape index (κ2) is 8.71. The number of fused-ring (bicyclic) bond motifs is 1. The van der Waals surface area contributed by atoms with Crippen LogP contribution < -0.4 is 5.32 Å². The number of hydrogen-bond acceptors (Lipinski definition) is 3. The molecule has 1 aromatic heterocycles. The van der Waals surface area contributed by atoms with Crippen molar-refractivity contribution in [1.29, 1.82) is 0 Å². The lowest BCUT2D eigenvalue weighted by Gasteiger charge is -2.23. The van der Waals surface area contributed by atoms with Crippen LogP contribution in [0.4, 0.5) is 0 Å². The highest BCUT2D eigenvalue weighted by Crippen LogP contribution is 2.26. The molecule has 0 saturated carbocycles. The third-order valence-corrected chi connectivity index (χ3v) is 4.90. The molecule has 0 radical (unpaired) electrons. The van der Waals surface area contributed by atoms with Crippen molar-refractivity contribution < 1.29 is 19.4 Å². The highest BCUT2D eigenvalue weighted by molar-refractivity contribution is 6.07. The second-order valence-corrected chi connectivity index (χ2v) is 6.73. The monoisotopic (exact) mass is 380 g/mol. The van der Waals surface area contributed by atoms with Gasteiger partial charge in [0.05, 0.1) is 24.1 Å². The van der Waals surface area contributed by atoms with E-state index < -0.39 is 17.9 Å². The smallest absolute Gasteiger partial charge is 0.308 e. The molecule has 0 aliphatic heterocycles. The number of nitrogens with zero attached hydrogens (tertiary/aromatic N) is 1. The summed E-state index contributed by atoms with van der Waals surface area (Å²) in [4.78, 5) is 24.7. The minimum absolute atomic E-state index is 0.297. The molecule has 2 atom stereocenters. The van der Waals surface area contributed by atoms with Crippen molar-refractivity contribution in [2.75, 3.05) is 13.7 Å². The highest BCUT2D eigenvalue weighted by Gasteiger charge is 2.28. The topological polar surface area (TPSA) is 80.6 Å². The number of ether oxygens (including phenoxy) is 1. The molecule has 0 spiro atoms. The summed E-state index contributed by atoms with van der Waals surface area (Å²) in [5.74, 6) is -2.03. The zero-order valence-corrected chi connectivity index (χ0v) is 16.0. The molecule has 0 aliphatic rings. The van der Waals surface area contributed by atoms with Gasteiger partial charge in [0.25, 0.3) is 5.91 Å². The Morgan fingerprint density at radius 1 is 1.11 bits per heavy atom. The SMILES string of the molecule is COCCn1cc(C(=O)NC(c2ccccc2)C(C)C(=O)O)c2ccccc21.